The molecule has 0 fully saturated rings. The Balaban J connectivity index is 0. The van der Waals surface area contributed by atoms with Gasteiger partial charge in [0.2, 0.25) is 0 Å². The van der Waals surface area contributed by atoms with Crippen LogP contribution >= 0.6 is 11.6 Å². The molecule has 0 aromatic carbocycles. The fourth-order valence-corrected chi connectivity index (χ4v) is 1.58. The molecule has 1 amide bonds. The van der Waals surface area contributed by atoms with Crippen molar-refractivity contribution in [2.75, 3.05) is 20.6 Å². The van der Waals surface area contributed by atoms with E-state index in [0.717, 1.165) is 19.4 Å². The molecule has 1 N–H and O–H groups in total. The van der Waals surface area contributed by atoms with Gasteiger partial charge in [-0.1, -0.05) is 52.0 Å². The second-order valence-corrected chi connectivity index (χ2v) is 5.12. The Morgan fingerprint density at radius 1 is 1.29 bits per heavy atom. The number of nitrogens with one attached hydrogen (secondary N) is 1. The number of halogens is 1. The second kappa shape index (κ2) is 13.9. The minimum Gasteiger partial charge on any atom is -0.348 e. The first-order chi connectivity index (χ1) is 9.94. The number of amides is 1. The lowest BCUT2D eigenvalue weighted by atomic mass is 10.1. The third-order valence-electron chi connectivity index (χ3n) is 2.68. The van der Waals surface area contributed by atoms with Crippen molar-refractivity contribution >= 4 is 17.5 Å². The van der Waals surface area contributed by atoms with E-state index in [4.69, 9.17) is 11.6 Å². The van der Waals surface area contributed by atoms with Crippen LogP contribution in [0.4, 0.5) is 0 Å². The predicted molar refractivity (Wildman–Crippen MR) is 94.6 cm³/mol. The molecule has 3 nitrogen and oxygen atoms in total. The summed E-state index contributed by atoms with van der Waals surface area (Å²) in [4.78, 5) is 14.1. The van der Waals surface area contributed by atoms with Gasteiger partial charge < -0.3 is 10.2 Å². The van der Waals surface area contributed by atoms with Crippen molar-refractivity contribution in [2.45, 2.75) is 46.6 Å². The highest BCUT2D eigenvalue weighted by molar-refractivity contribution is 6.29. The van der Waals surface area contributed by atoms with Gasteiger partial charge in [-0.05, 0) is 39.1 Å². The van der Waals surface area contributed by atoms with Gasteiger partial charge in [-0.15, -0.1) is 0 Å². The van der Waals surface area contributed by atoms with E-state index in [1.165, 1.54) is 0 Å². The van der Waals surface area contributed by atoms with Crippen LogP contribution in [0.1, 0.15) is 40.5 Å². The molecule has 0 saturated carbocycles. The van der Waals surface area contributed by atoms with Crippen molar-refractivity contribution in [1.82, 2.24) is 10.2 Å². The number of rotatable bonds is 8. The molecule has 0 bridgehead atoms. The van der Waals surface area contributed by atoms with Gasteiger partial charge in [0.1, 0.15) is 0 Å². The summed E-state index contributed by atoms with van der Waals surface area (Å²) in [5.74, 6) is -0.111. The fourth-order valence-electron chi connectivity index (χ4n) is 1.52. The number of hydrogen-bond acceptors (Lipinski definition) is 2. The molecule has 0 aliphatic carbocycles. The maximum atomic E-state index is 12.1. The highest BCUT2D eigenvalue weighted by Crippen LogP contribution is 2.08. The number of likely N-dealkylation sites (N-methyl/N-ethyl adjacent to an activating group) is 1. The summed E-state index contributed by atoms with van der Waals surface area (Å²) < 4.78 is 0. The summed E-state index contributed by atoms with van der Waals surface area (Å²) in [7, 11) is 3.98. The van der Waals surface area contributed by atoms with Crippen molar-refractivity contribution in [1.29, 1.82) is 0 Å². The van der Waals surface area contributed by atoms with Crippen LogP contribution in [0.25, 0.3) is 0 Å². The lowest BCUT2D eigenvalue weighted by molar-refractivity contribution is -0.118. The van der Waals surface area contributed by atoms with Gasteiger partial charge in [0.25, 0.3) is 5.91 Å². The first kappa shape index (κ1) is 22.2. The minimum atomic E-state index is -0.111. The van der Waals surface area contributed by atoms with Crippen molar-refractivity contribution in [3.8, 4) is 0 Å². The van der Waals surface area contributed by atoms with Gasteiger partial charge >= 0.3 is 0 Å². The van der Waals surface area contributed by atoms with Crippen molar-refractivity contribution in [2.24, 2.45) is 0 Å². The molecule has 0 aromatic rings. The lowest BCUT2D eigenvalue weighted by Crippen LogP contribution is -2.41. The summed E-state index contributed by atoms with van der Waals surface area (Å²) in [6.07, 6.45) is 6.64. The third kappa shape index (κ3) is 11.3. The standard InChI is InChI=1S/C15H25ClN2O.C2H6/c1-6-12(9-10-13(16)7-2)15(19)17-14(8-3)11-18(4)5;1-2/h6,9-10,14H,1,7-8,11H2,2-5H3,(H,17,19);1-2H3/b12-9+,13-10+;. The van der Waals surface area contributed by atoms with Crippen LogP contribution in [0.3, 0.4) is 0 Å². The molecule has 122 valence electrons. The van der Waals surface area contributed by atoms with E-state index >= 15 is 0 Å². The quantitative estimate of drug-likeness (QED) is 0.540. The second-order valence-electron chi connectivity index (χ2n) is 4.63. The van der Waals surface area contributed by atoms with E-state index in [0.29, 0.717) is 10.6 Å². The van der Waals surface area contributed by atoms with Crippen molar-refractivity contribution in [3.63, 3.8) is 0 Å². The number of carbonyl (C=O) groups excluding carboxylic acids is 1. The topological polar surface area (TPSA) is 32.3 Å². The summed E-state index contributed by atoms with van der Waals surface area (Å²) in [6.45, 7) is 12.5. The average Bonchev–Trinajstić information content (AvgIpc) is 2.48. The maximum Gasteiger partial charge on any atom is 0.251 e. The Hall–Kier alpha value is -1.06. The third-order valence-corrected chi connectivity index (χ3v) is 3.07. The van der Waals surface area contributed by atoms with Crippen LogP contribution in [0.15, 0.2) is 35.4 Å². The Morgan fingerprint density at radius 3 is 2.24 bits per heavy atom. The van der Waals surface area contributed by atoms with E-state index in [2.05, 4.69) is 23.7 Å². The van der Waals surface area contributed by atoms with Gasteiger partial charge in [0, 0.05) is 23.2 Å². The van der Waals surface area contributed by atoms with Crippen molar-refractivity contribution in [3.05, 3.63) is 35.4 Å². The first-order valence-electron chi connectivity index (χ1n) is 7.58. The molecule has 0 aromatic heterocycles. The molecule has 0 heterocycles. The van der Waals surface area contributed by atoms with Gasteiger partial charge in [-0.25, -0.2) is 0 Å². The summed E-state index contributed by atoms with van der Waals surface area (Å²) in [5, 5.41) is 3.71. The molecule has 1 unspecified atom stereocenters. The van der Waals surface area contributed by atoms with Crippen LogP contribution in [0, 0.1) is 0 Å². The molecule has 0 aliphatic heterocycles. The molecule has 1 atom stereocenters. The molecule has 0 spiro atoms. The highest BCUT2D eigenvalue weighted by Gasteiger charge is 2.12. The monoisotopic (exact) mass is 314 g/mol. The van der Waals surface area contributed by atoms with E-state index in [1.807, 2.05) is 34.9 Å². The largest absolute Gasteiger partial charge is 0.348 e. The van der Waals surface area contributed by atoms with Gasteiger partial charge in [-0.2, -0.15) is 0 Å². The molecule has 0 saturated heterocycles. The number of carbonyl (C=O) groups is 1. The summed E-state index contributed by atoms with van der Waals surface area (Å²) in [5.41, 5.74) is 0.531. The molecular weight excluding hydrogens is 284 g/mol. The van der Waals surface area contributed by atoms with E-state index < -0.39 is 0 Å². The lowest BCUT2D eigenvalue weighted by Gasteiger charge is -2.21. The summed E-state index contributed by atoms with van der Waals surface area (Å²) >= 11 is 5.92. The Kier molecular flexibility index (Phi) is 14.7. The molecule has 4 heteroatoms. The van der Waals surface area contributed by atoms with Gasteiger partial charge in [-0.3, -0.25) is 4.79 Å². The van der Waals surface area contributed by atoms with Crippen LogP contribution in [0.2, 0.25) is 0 Å². The van der Waals surface area contributed by atoms with E-state index in [9.17, 15) is 4.79 Å². The molecule has 0 rings (SSSR count). The first-order valence-corrected chi connectivity index (χ1v) is 7.96. The van der Waals surface area contributed by atoms with Crippen LogP contribution in [-0.4, -0.2) is 37.5 Å². The Bertz CT molecular complexity index is 360. The van der Waals surface area contributed by atoms with Crippen LogP contribution in [-0.2, 0) is 4.79 Å². The van der Waals surface area contributed by atoms with Crippen molar-refractivity contribution < 1.29 is 4.79 Å². The smallest absolute Gasteiger partial charge is 0.251 e. The number of hydrogen-bond donors (Lipinski definition) is 1. The van der Waals surface area contributed by atoms with E-state index in [1.54, 1.807) is 18.2 Å². The molecule has 0 radical (unpaired) electrons. The van der Waals surface area contributed by atoms with Gasteiger partial charge in [0.05, 0.1) is 0 Å². The Morgan fingerprint density at radius 2 is 1.86 bits per heavy atom. The zero-order chi connectivity index (χ0) is 16.8. The van der Waals surface area contributed by atoms with Crippen LogP contribution in [0.5, 0.6) is 0 Å². The minimum absolute atomic E-state index is 0.111. The number of allylic oxidation sites excluding steroid dienone is 3. The normalized spacial score (nSPS) is 13.3. The molecule has 0 aliphatic rings. The van der Waals surface area contributed by atoms with Gasteiger partial charge in [0.15, 0.2) is 0 Å². The molecular formula is C17H31ClN2O. The average molecular weight is 315 g/mol. The fraction of sp³-hybridized carbons (Fsp3) is 0.588. The highest BCUT2D eigenvalue weighted by atomic mass is 35.5. The SMILES string of the molecule is C=C/C(=C\C=C(\Cl)CC)C(=O)NC(CC)CN(C)C.CC. The number of nitrogens with zero attached hydrogens (tertiary/aromatic N) is 1. The molecule has 21 heavy (non-hydrogen) atoms. The van der Waals surface area contributed by atoms with E-state index in [-0.39, 0.29) is 11.9 Å². The maximum absolute atomic E-state index is 12.1. The van der Waals surface area contributed by atoms with Crippen LogP contribution < -0.4 is 5.32 Å². The zero-order valence-corrected chi connectivity index (χ0v) is 15.1. The Labute approximate surface area is 135 Å². The predicted octanol–water partition coefficient (Wildman–Crippen LogP) is 4.11. The zero-order valence-electron chi connectivity index (χ0n) is 14.4. The summed E-state index contributed by atoms with van der Waals surface area (Å²) in [6, 6.07) is 0.136.